The Morgan fingerprint density at radius 3 is 2.86 bits per heavy atom. The maximum absolute atomic E-state index is 13.4. The van der Waals surface area contributed by atoms with Crippen molar-refractivity contribution in [3.05, 3.63) is 35.1 Å². The van der Waals surface area contributed by atoms with E-state index in [2.05, 4.69) is 11.8 Å². The molecule has 0 atom stereocenters. The van der Waals surface area contributed by atoms with Crippen molar-refractivity contribution in [1.82, 2.24) is 0 Å². The number of hydrogen-bond donors (Lipinski definition) is 1. The van der Waals surface area contributed by atoms with E-state index in [4.69, 9.17) is 5.11 Å². The van der Waals surface area contributed by atoms with Gasteiger partial charge in [0.05, 0.1) is 5.56 Å². The van der Waals surface area contributed by atoms with E-state index in [1.807, 2.05) is 0 Å². The quantitative estimate of drug-likeness (QED) is 0.728. The first-order valence-corrected chi connectivity index (χ1v) is 4.07. The zero-order valence-electron chi connectivity index (χ0n) is 7.67. The summed E-state index contributed by atoms with van der Waals surface area (Å²) in [5.41, 5.74) is 0.0136. The summed E-state index contributed by atoms with van der Waals surface area (Å²) in [7, 11) is 0. The van der Waals surface area contributed by atoms with Crippen LogP contribution in [-0.4, -0.2) is 11.1 Å². The number of halogens is 1. The monoisotopic (exact) mass is 192 g/mol. The fraction of sp³-hybridized carbons (Fsp3) is 0.182. The van der Waals surface area contributed by atoms with Crippen molar-refractivity contribution in [2.75, 3.05) is 0 Å². The van der Waals surface area contributed by atoms with Crippen molar-refractivity contribution in [1.29, 1.82) is 0 Å². The predicted molar refractivity (Wildman–Crippen MR) is 50.5 cm³/mol. The van der Waals surface area contributed by atoms with E-state index >= 15 is 0 Å². The lowest BCUT2D eigenvalue weighted by Crippen LogP contribution is -2.03. The van der Waals surface area contributed by atoms with E-state index in [0.717, 1.165) is 0 Å². The first-order valence-electron chi connectivity index (χ1n) is 4.07. The Kier molecular flexibility index (Phi) is 3.24. The van der Waals surface area contributed by atoms with Crippen LogP contribution in [-0.2, 0) is 6.42 Å². The van der Waals surface area contributed by atoms with Crippen molar-refractivity contribution in [3.63, 3.8) is 0 Å². The first-order chi connectivity index (χ1) is 6.66. The average molecular weight is 192 g/mol. The van der Waals surface area contributed by atoms with Gasteiger partial charge in [-0.3, -0.25) is 0 Å². The van der Waals surface area contributed by atoms with Gasteiger partial charge in [-0.25, -0.2) is 9.18 Å². The fourth-order valence-corrected chi connectivity index (χ4v) is 1.07. The SMILES string of the molecule is CC#CCc1cccc(C(=O)O)c1F. The molecule has 0 spiro atoms. The second-order valence-electron chi connectivity index (χ2n) is 2.69. The second-order valence-corrected chi connectivity index (χ2v) is 2.69. The lowest BCUT2D eigenvalue weighted by atomic mass is 10.1. The lowest BCUT2D eigenvalue weighted by molar-refractivity contribution is 0.0691. The van der Waals surface area contributed by atoms with E-state index in [9.17, 15) is 9.18 Å². The van der Waals surface area contributed by atoms with Crippen molar-refractivity contribution in [2.45, 2.75) is 13.3 Å². The summed E-state index contributed by atoms with van der Waals surface area (Å²) in [6.07, 6.45) is 0.240. The van der Waals surface area contributed by atoms with Crippen LogP contribution in [0.15, 0.2) is 18.2 Å². The van der Waals surface area contributed by atoms with Gasteiger partial charge in [0.15, 0.2) is 0 Å². The third kappa shape index (κ3) is 2.11. The minimum absolute atomic E-state index is 0.240. The van der Waals surface area contributed by atoms with Crippen LogP contribution in [0.4, 0.5) is 4.39 Å². The summed E-state index contributed by atoms with van der Waals surface area (Å²) >= 11 is 0. The number of carboxylic acids is 1. The molecule has 1 aromatic rings. The van der Waals surface area contributed by atoms with Gasteiger partial charge >= 0.3 is 5.97 Å². The molecule has 0 fully saturated rings. The molecular weight excluding hydrogens is 183 g/mol. The van der Waals surface area contributed by atoms with Crippen LogP contribution in [0, 0.1) is 17.7 Å². The molecule has 2 nitrogen and oxygen atoms in total. The molecule has 14 heavy (non-hydrogen) atoms. The standard InChI is InChI=1S/C11H9FO2/c1-2-3-5-8-6-4-7-9(10(8)12)11(13)14/h4,6-7H,5H2,1H3,(H,13,14). The summed E-state index contributed by atoms with van der Waals surface area (Å²) in [6.45, 7) is 1.65. The summed E-state index contributed by atoms with van der Waals surface area (Å²) < 4.78 is 13.4. The zero-order chi connectivity index (χ0) is 10.6. The maximum Gasteiger partial charge on any atom is 0.338 e. The van der Waals surface area contributed by atoms with E-state index in [0.29, 0.717) is 5.56 Å². The third-order valence-electron chi connectivity index (χ3n) is 1.76. The van der Waals surface area contributed by atoms with Crippen molar-refractivity contribution >= 4 is 5.97 Å². The maximum atomic E-state index is 13.4. The summed E-state index contributed by atoms with van der Waals surface area (Å²) in [5.74, 6) is 3.37. The van der Waals surface area contributed by atoms with Gasteiger partial charge in [0.2, 0.25) is 0 Å². The van der Waals surface area contributed by atoms with E-state index in [1.54, 1.807) is 6.92 Å². The van der Waals surface area contributed by atoms with Crippen LogP contribution in [0.5, 0.6) is 0 Å². The topological polar surface area (TPSA) is 37.3 Å². The van der Waals surface area contributed by atoms with Crippen LogP contribution in [0.25, 0.3) is 0 Å². The van der Waals surface area contributed by atoms with Crippen LogP contribution in [0.3, 0.4) is 0 Å². The van der Waals surface area contributed by atoms with Gasteiger partial charge < -0.3 is 5.11 Å². The Balaban J connectivity index is 3.11. The molecule has 0 aromatic heterocycles. The molecule has 0 unspecified atom stereocenters. The molecular formula is C11H9FO2. The first kappa shape index (κ1) is 10.3. The van der Waals surface area contributed by atoms with Crippen LogP contribution < -0.4 is 0 Å². The molecule has 0 aliphatic rings. The number of aromatic carboxylic acids is 1. The smallest absolute Gasteiger partial charge is 0.338 e. The third-order valence-corrected chi connectivity index (χ3v) is 1.76. The predicted octanol–water partition coefficient (Wildman–Crippen LogP) is 2.09. The molecule has 1 rings (SSSR count). The zero-order valence-corrected chi connectivity index (χ0v) is 7.67. The number of carbonyl (C=O) groups is 1. The summed E-state index contributed by atoms with van der Waals surface area (Å²) in [5, 5.41) is 8.64. The van der Waals surface area contributed by atoms with Crippen LogP contribution >= 0.6 is 0 Å². The highest BCUT2D eigenvalue weighted by Crippen LogP contribution is 2.13. The van der Waals surface area contributed by atoms with E-state index in [1.165, 1.54) is 18.2 Å². The Bertz CT molecular complexity index is 413. The molecule has 0 amide bonds. The highest BCUT2D eigenvalue weighted by molar-refractivity contribution is 5.88. The van der Waals surface area contributed by atoms with E-state index in [-0.39, 0.29) is 12.0 Å². The van der Waals surface area contributed by atoms with Crippen molar-refractivity contribution in [3.8, 4) is 11.8 Å². The van der Waals surface area contributed by atoms with Crippen LogP contribution in [0.2, 0.25) is 0 Å². The van der Waals surface area contributed by atoms with Gasteiger partial charge in [0.25, 0.3) is 0 Å². The molecule has 3 heteroatoms. The molecule has 0 saturated heterocycles. The van der Waals surface area contributed by atoms with Gasteiger partial charge in [0.1, 0.15) is 5.82 Å². The lowest BCUT2D eigenvalue weighted by Gasteiger charge is -2.01. The van der Waals surface area contributed by atoms with Crippen molar-refractivity contribution in [2.24, 2.45) is 0 Å². The van der Waals surface area contributed by atoms with Gasteiger partial charge in [0, 0.05) is 12.0 Å². The highest BCUT2D eigenvalue weighted by Gasteiger charge is 2.12. The van der Waals surface area contributed by atoms with E-state index < -0.39 is 11.8 Å². The molecule has 0 aliphatic carbocycles. The van der Waals surface area contributed by atoms with Gasteiger partial charge in [-0.1, -0.05) is 18.1 Å². The van der Waals surface area contributed by atoms with Gasteiger partial charge in [-0.05, 0) is 13.0 Å². The highest BCUT2D eigenvalue weighted by atomic mass is 19.1. The fourth-order valence-electron chi connectivity index (χ4n) is 1.07. The molecule has 0 radical (unpaired) electrons. The molecule has 0 heterocycles. The van der Waals surface area contributed by atoms with Gasteiger partial charge in [-0.2, -0.15) is 0 Å². The van der Waals surface area contributed by atoms with Crippen LogP contribution in [0.1, 0.15) is 22.8 Å². The normalized spacial score (nSPS) is 9.00. The van der Waals surface area contributed by atoms with Gasteiger partial charge in [-0.15, -0.1) is 5.92 Å². The Labute approximate surface area is 81.4 Å². The minimum Gasteiger partial charge on any atom is -0.478 e. The molecule has 0 bridgehead atoms. The molecule has 0 saturated carbocycles. The second kappa shape index (κ2) is 4.43. The average Bonchev–Trinajstić information content (AvgIpc) is 2.16. The summed E-state index contributed by atoms with van der Waals surface area (Å²) in [6, 6.07) is 4.28. The molecule has 0 aliphatic heterocycles. The Morgan fingerprint density at radius 1 is 1.57 bits per heavy atom. The molecule has 1 N–H and O–H groups in total. The number of carboxylic acid groups (broad SMARTS) is 1. The minimum atomic E-state index is -1.26. The number of benzene rings is 1. The van der Waals surface area contributed by atoms with Crippen molar-refractivity contribution < 1.29 is 14.3 Å². The number of hydrogen-bond acceptors (Lipinski definition) is 1. The molecule has 72 valence electrons. The Hall–Kier alpha value is -1.82. The largest absolute Gasteiger partial charge is 0.478 e. The Morgan fingerprint density at radius 2 is 2.29 bits per heavy atom. The number of rotatable bonds is 2. The summed E-state index contributed by atoms with van der Waals surface area (Å²) in [4.78, 5) is 10.6. The molecule has 1 aromatic carbocycles.